The summed E-state index contributed by atoms with van der Waals surface area (Å²) < 4.78 is 0. The number of rotatable bonds is 10. The Bertz CT molecular complexity index is 1260. The predicted molar refractivity (Wildman–Crippen MR) is 148 cm³/mol. The van der Waals surface area contributed by atoms with E-state index in [2.05, 4.69) is 41.6 Å². The molecule has 0 aliphatic carbocycles. The summed E-state index contributed by atoms with van der Waals surface area (Å²) in [5.41, 5.74) is 6.64. The number of amides is 2. The zero-order valence-corrected chi connectivity index (χ0v) is 22.9. The Labute approximate surface area is 227 Å². The first-order chi connectivity index (χ1) is 18.3. The number of carbonyl (C=O) groups excluding carboxylic acids is 2. The number of nitrogens with zero attached hydrogens (tertiary/aromatic N) is 2. The predicted octanol–water partition coefficient (Wildman–Crippen LogP) is 2.77. The van der Waals surface area contributed by atoms with Gasteiger partial charge in [-0.1, -0.05) is 42.5 Å². The van der Waals surface area contributed by atoms with Crippen molar-refractivity contribution in [2.45, 2.75) is 64.4 Å². The van der Waals surface area contributed by atoms with Crippen LogP contribution in [-0.2, 0) is 29.1 Å². The first kappa shape index (κ1) is 27.9. The molecule has 1 fully saturated rings. The fraction of sp³-hybridized carbons (Fsp3) is 0.414. The topological polar surface area (TPSA) is 115 Å². The lowest BCUT2D eigenvalue weighted by molar-refractivity contribution is -0.153. The summed E-state index contributed by atoms with van der Waals surface area (Å²) in [4.78, 5) is 31.9. The molecule has 202 valence electrons. The largest absolute Gasteiger partial charge is 0.380 e. The van der Waals surface area contributed by atoms with Crippen molar-refractivity contribution < 1.29 is 19.8 Å². The molecule has 0 saturated carbocycles. The zero-order chi connectivity index (χ0) is 27.2. The molecule has 4 N–H and O–H groups in total. The minimum atomic E-state index is -1.87. The Morgan fingerprint density at radius 3 is 2.58 bits per heavy atom. The van der Waals surface area contributed by atoms with Crippen LogP contribution in [0, 0.1) is 13.8 Å². The molecule has 9 heteroatoms. The smallest absolute Gasteiger partial charge is 0.255 e. The van der Waals surface area contributed by atoms with Crippen LogP contribution in [0.25, 0.3) is 0 Å². The first-order valence-electron chi connectivity index (χ1n) is 12.9. The molecule has 0 bridgehead atoms. The van der Waals surface area contributed by atoms with E-state index < -0.39 is 24.0 Å². The molecule has 1 aliphatic rings. The number of carbonyl (C=O) groups is 2. The number of aliphatic hydroxyl groups excluding tert-OH is 2. The summed E-state index contributed by atoms with van der Waals surface area (Å²) in [6.45, 7) is 5.44. The number of thiazole rings is 1. The maximum Gasteiger partial charge on any atom is 0.255 e. The number of aryl methyl sites for hydroxylation is 2. The standard InChI is InChI=1S/C29H36N4O4S/c1-18-7-4-8-19(2)23(18)14-22-17-38-25(32-22)16-31-28(36)26(34)27(35)29(37)33-12-6-11-24(33)21-10-5-9-20(13-21)15-30-3/h4-5,7-10,13,17,24,26-27,30,34-35H,6,11-12,14-16H2,1-3H3,(H,31,36)/t24?,26-,27-/m1/s1. The fourth-order valence-corrected chi connectivity index (χ4v) is 5.76. The molecule has 3 atom stereocenters. The number of aromatic nitrogens is 1. The van der Waals surface area contributed by atoms with Crippen LogP contribution in [0.1, 0.15) is 57.4 Å². The molecule has 2 aromatic carbocycles. The van der Waals surface area contributed by atoms with Gasteiger partial charge in [0, 0.05) is 24.9 Å². The maximum atomic E-state index is 13.1. The van der Waals surface area contributed by atoms with Crippen molar-refractivity contribution in [2.75, 3.05) is 13.6 Å². The van der Waals surface area contributed by atoms with E-state index in [1.807, 2.05) is 42.8 Å². The van der Waals surface area contributed by atoms with Gasteiger partial charge in [-0.3, -0.25) is 9.59 Å². The molecule has 0 spiro atoms. The van der Waals surface area contributed by atoms with Crippen molar-refractivity contribution in [3.05, 3.63) is 86.4 Å². The molecule has 1 aromatic heterocycles. The van der Waals surface area contributed by atoms with E-state index in [0.717, 1.165) is 29.7 Å². The van der Waals surface area contributed by atoms with Gasteiger partial charge >= 0.3 is 0 Å². The van der Waals surface area contributed by atoms with Gasteiger partial charge in [-0.25, -0.2) is 4.98 Å². The van der Waals surface area contributed by atoms with Crippen LogP contribution in [-0.4, -0.2) is 57.7 Å². The van der Waals surface area contributed by atoms with Gasteiger partial charge < -0.3 is 25.7 Å². The first-order valence-corrected chi connectivity index (χ1v) is 13.8. The molecule has 3 aromatic rings. The molecule has 2 heterocycles. The van der Waals surface area contributed by atoms with E-state index in [0.29, 0.717) is 24.5 Å². The van der Waals surface area contributed by atoms with Gasteiger partial charge in [0.25, 0.3) is 11.8 Å². The van der Waals surface area contributed by atoms with E-state index in [1.165, 1.54) is 28.0 Å². The average molecular weight is 537 g/mol. The van der Waals surface area contributed by atoms with Gasteiger partial charge in [0.05, 0.1) is 18.3 Å². The summed E-state index contributed by atoms with van der Waals surface area (Å²) in [5.74, 6) is -1.44. The normalized spacial score (nSPS) is 16.9. The molecule has 0 radical (unpaired) electrons. The number of likely N-dealkylation sites (tertiary alicyclic amines) is 1. The quantitative estimate of drug-likeness (QED) is 0.317. The lowest BCUT2D eigenvalue weighted by Crippen LogP contribution is -2.50. The van der Waals surface area contributed by atoms with Crippen molar-refractivity contribution >= 4 is 23.2 Å². The van der Waals surface area contributed by atoms with Gasteiger partial charge in [-0.05, 0) is 61.6 Å². The second-order valence-corrected chi connectivity index (χ2v) is 10.8. The highest BCUT2D eigenvalue weighted by molar-refractivity contribution is 7.09. The summed E-state index contributed by atoms with van der Waals surface area (Å²) in [7, 11) is 1.88. The molecule has 1 saturated heterocycles. The van der Waals surface area contributed by atoms with Gasteiger partial charge in [-0.2, -0.15) is 0 Å². The summed E-state index contributed by atoms with van der Waals surface area (Å²) in [6.07, 6.45) is -1.46. The second kappa shape index (κ2) is 12.6. The molecule has 1 unspecified atom stereocenters. The van der Waals surface area contributed by atoms with Gasteiger partial charge in [0.15, 0.2) is 12.2 Å². The van der Waals surface area contributed by atoms with Crippen LogP contribution in [0.2, 0.25) is 0 Å². The molecular formula is C29H36N4O4S. The minimum absolute atomic E-state index is 0.110. The van der Waals surface area contributed by atoms with Crippen molar-refractivity contribution in [3.8, 4) is 0 Å². The van der Waals surface area contributed by atoms with E-state index in [9.17, 15) is 19.8 Å². The van der Waals surface area contributed by atoms with Crippen LogP contribution in [0.15, 0.2) is 47.8 Å². The molecule has 4 rings (SSSR count). The lowest BCUT2D eigenvalue weighted by Gasteiger charge is -2.29. The van der Waals surface area contributed by atoms with Gasteiger partial charge in [0.1, 0.15) is 5.01 Å². The Kier molecular flexibility index (Phi) is 9.27. The van der Waals surface area contributed by atoms with Crippen molar-refractivity contribution in [2.24, 2.45) is 0 Å². The lowest BCUT2D eigenvalue weighted by atomic mass is 9.99. The Morgan fingerprint density at radius 2 is 1.84 bits per heavy atom. The van der Waals surface area contributed by atoms with Crippen LogP contribution >= 0.6 is 11.3 Å². The van der Waals surface area contributed by atoms with Crippen LogP contribution in [0.5, 0.6) is 0 Å². The minimum Gasteiger partial charge on any atom is -0.380 e. The number of aliphatic hydroxyl groups is 2. The van der Waals surface area contributed by atoms with E-state index in [4.69, 9.17) is 0 Å². The number of nitrogens with one attached hydrogen (secondary N) is 2. The zero-order valence-electron chi connectivity index (χ0n) is 22.1. The SMILES string of the molecule is CNCc1cccc(C2CCCN2C(=O)[C@H](O)[C@@H](O)C(=O)NCc2nc(Cc3c(C)cccc3C)cs2)c1. The third-order valence-electron chi connectivity index (χ3n) is 7.09. The second-order valence-electron chi connectivity index (χ2n) is 9.85. The number of hydrogen-bond donors (Lipinski definition) is 4. The van der Waals surface area contributed by atoms with Gasteiger partial charge in [-0.15, -0.1) is 11.3 Å². The van der Waals surface area contributed by atoms with E-state index >= 15 is 0 Å². The highest BCUT2D eigenvalue weighted by Gasteiger charge is 2.38. The third-order valence-corrected chi connectivity index (χ3v) is 7.99. The van der Waals surface area contributed by atoms with Crippen LogP contribution in [0.4, 0.5) is 0 Å². The van der Waals surface area contributed by atoms with Gasteiger partial charge in [0.2, 0.25) is 0 Å². The Balaban J connectivity index is 1.33. The Hall–Kier alpha value is -3.11. The fourth-order valence-electron chi connectivity index (χ4n) is 5.03. The Morgan fingerprint density at radius 1 is 1.11 bits per heavy atom. The van der Waals surface area contributed by atoms with Crippen molar-refractivity contribution in [1.29, 1.82) is 0 Å². The molecule has 38 heavy (non-hydrogen) atoms. The average Bonchev–Trinajstić information content (AvgIpc) is 3.58. The summed E-state index contributed by atoms with van der Waals surface area (Å²) >= 11 is 1.42. The summed E-state index contributed by atoms with van der Waals surface area (Å²) in [6, 6.07) is 14.0. The highest BCUT2D eigenvalue weighted by atomic mass is 32.1. The van der Waals surface area contributed by atoms with Crippen LogP contribution in [0.3, 0.4) is 0 Å². The van der Waals surface area contributed by atoms with E-state index in [1.54, 1.807) is 4.90 Å². The molecular weight excluding hydrogens is 500 g/mol. The van der Waals surface area contributed by atoms with E-state index in [-0.39, 0.29) is 12.6 Å². The van der Waals surface area contributed by atoms with Crippen LogP contribution < -0.4 is 10.6 Å². The third kappa shape index (κ3) is 6.47. The summed E-state index contributed by atoms with van der Waals surface area (Å²) in [5, 5.41) is 29.5. The van der Waals surface area contributed by atoms with Crippen molar-refractivity contribution in [3.63, 3.8) is 0 Å². The number of hydrogen-bond acceptors (Lipinski definition) is 7. The monoisotopic (exact) mass is 536 g/mol. The van der Waals surface area contributed by atoms with Crippen molar-refractivity contribution in [1.82, 2.24) is 20.5 Å². The molecule has 2 amide bonds. The molecule has 8 nitrogen and oxygen atoms in total. The maximum absolute atomic E-state index is 13.1. The highest BCUT2D eigenvalue weighted by Crippen LogP contribution is 2.33. The number of benzene rings is 2. The molecule has 1 aliphatic heterocycles.